The van der Waals surface area contributed by atoms with Gasteiger partial charge in [0.2, 0.25) is 18.3 Å². The lowest BCUT2D eigenvalue weighted by atomic mass is 9.95. The summed E-state index contributed by atoms with van der Waals surface area (Å²) in [5.74, 6) is 2.97. The normalized spacial score (nSPS) is 11.8. The molecule has 0 aromatic heterocycles. The van der Waals surface area contributed by atoms with Crippen LogP contribution in [0.2, 0.25) is 0 Å². The number of rotatable bonds is 9. The maximum absolute atomic E-state index is 10.2. The molecule has 0 spiro atoms. The van der Waals surface area contributed by atoms with Gasteiger partial charge in [-0.05, 0) is 17.2 Å². The summed E-state index contributed by atoms with van der Waals surface area (Å²) in [7, 11) is 6.12. The van der Waals surface area contributed by atoms with E-state index in [-0.39, 0.29) is 13.4 Å². The molecule has 0 atom stereocenters. The van der Waals surface area contributed by atoms with Crippen molar-refractivity contribution in [3.63, 3.8) is 0 Å². The predicted molar refractivity (Wildman–Crippen MR) is 121 cm³/mol. The molecule has 0 radical (unpaired) electrons. The predicted octanol–water partition coefficient (Wildman–Crippen LogP) is 4.19. The molecule has 0 unspecified atom stereocenters. The van der Waals surface area contributed by atoms with Gasteiger partial charge in [0.1, 0.15) is 12.4 Å². The second-order valence-electron chi connectivity index (χ2n) is 7.13. The van der Waals surface area contributed by atoms with Crippen LogP contribution < -0.4 is 33.2 Å². The van der Waals surface area contributed by atoms with E-state index in [4.69, 9.17) is 33.2 Å². The molecule has 1 heterocycles. The first-order valence-electron chi connectivity index (χ1n) is 10.3. The number of benzene rings is 3. The fourth-order valence-corrected chi connectivity index (χ4v) is 3.88. The average molecular weight is 454 g/mol. The summed E-state index contributed by atoms with van der Waals surface area (Å²) in [6.45, 7) is 0.0756. The third kappa shape index (κ3) is 4.05. The van der Waals surface area contributed by atoms with Crippen LogP contribution in [0.1, 0.15) is 11.1 Å². The summed E-state index contributed by atoms with van der Waals surface area (Å²) >= 11 is 0. The fourth-order valence-electron chi connectivity index (χ4n) is 3.88. The second kappa shape index (κ2) is 9.79. The van der Waals surface area contributed by atoms with Crippen LogP contribution in [-0.2, 0) is 13.2 Å². The van der Waals surface area contributed by atoms with Gasteiger partial charge in [-0.25, -0.2) is 0 Å². The molecule has 3 aromatic carbocycles. The van der Waals surface area contributed by atoms with Crippen LogP contribution in [0.25, 0.3) is 11.1 Å². The summed E-state index contributed by atoms with van der Waals surface area (Å²) in [6.07, 6.45) is 0. The van der Waals surface area contributed by atoms with Crippen LogP contribution in [-0.4, -0.2) is 40.3 Å². The zero-order valence-corrected chi connectivity index (χ0v) is 19.0. The zero-order valence-electron chi connectivity index (χ0n) is 19.0. The van der Waals surface area contributed by atoms with E-state index < -0.39 is 0 Å². The monoisotopic (exact) mass is 454 g/mol. The van der Waals surface area contributed by atoms with Gasteiger partial charge in [0, 0.05) is 11.6 Å². The van der Waals surface area contributed by atoms with Gasteiger partial charge in [-0.15, -0.1) is 0 Å². The summed E-state index contributed by atoms with van der Waals surface area (Å²) in [6, 6.07) is 13.2. The molecule has 0 aliphatic carbocycles. The Morgan fingerprint density at radius 1 is 0.788 bits per heavy atom. The first-order valence-corrected chi connectivity index (χ1v) is 10.3. The zero-order chi connectivity index (χ0) is 23.4. The van der Waals surface area contributed by atoms with Crippen LogP contribution in [0, 0.1) is 0 Å². The largest absolute Gasteiger partial charge is 0.493 e. The minimum atomic E-state index is -0.280. The number of methoxy groups -OCH3 is 4. The molecule has 8 heteroatoms. The lowest BCUT2D eigenvalue weighted by Gasteiger charge is -2.23. The molecule has 1 aliphatic heterocycles. The minimum absolute atomic E-state index is 0.0560. The summed E-state index contributed by atoms with van der Waals surface area (Å²) in [5.41, 5.74) is 2.61. The molecule has 4 rings (SSSR count). The lowest BCUT2D eigenvalue weighted by molar-refractivity contribution is 0.171. The molecular weight excluding hydrogens is 428 g/mol. The topological polar surface area (TPSA) is 84.8 Å². The van der Waals surface area contributed by atoms with Crippen molar-refractivity contribution in [2.75, 3.05) is 35.2 Å². The van der Waals surface area contributed by atoms with E-state index in [1.807, 2.05) is 30.3 Å². The molecule has 1 aliphatic rings. The minimum Gasteiger partial charge on any atom is -0.493 e. The van der Waals surface area contributed by atoms with Crippen molar-refractivity contribution in [2.24, 2.45) is 0 Å². The van der Waals surface area contributed by atoms with E-state index in [0.29, 0.717) is 63.5 Å². The van der Waals surface area contributed by atoms with Gasteiger partial charge in [0.25, 0.3) is 0 Å². The van der Waals surface area contributed by atoms with Crippen molar-refractivity contribution >= 4 is 0 Å². The highest BCUT2D eigenvalue weighted by Gasteiger charge is 2.32. The summed E-state index contributed by atoms with van der Waals surface area (Å²) in [5, 5.41) is 10.2. The smallest absolute Gasteiger partial charge is 0.231 e. The van der Waals surface area contributed by atoms with Crippen molar-refractivity contribution in [3.8, 4) is 51.4 Å². The van der Waals surface area contributed by atoms with Crippen LogP contribution in [0.5, 0.6) is 40.2 Å². The van der Waals surface area contributed by atoms with Gasteiger partial charge < -0.3 is 38.3 Å². The Kier molecular flexibility index (Phi) is 6.65. The number of hydrogen-bond donors (Lipinski definition) is 1. The first-order chi connectivity index (χ1) is 16.2. The number of hydrogen-bond acceptors (Lipinski definition) is 8. The molecule has 0 saturated heterocycles. The van der Waals surface area contributed by atoms with E-state index in [0.717, 1.165) is 5.56 Å². The van der Waals surface area contributed by atoms with E-state index in [1.54, 1.807) is 12.1 Å². The van der Waals surface area contributed by atoms with Crippen LogP contribution in [0.15, 0.2) is 42.5 Å². The number of aliphatic hydroxyl groups is 1. The molecule has 0 saturated carbocycles. The van der Waals surface area contributed by atoms with E-state index in [9.17, 15) is 5.11 Å². The molecule has 1 N–H and O–H groups in total. The Bertz CT molecular complexity index is 1130. The summed E-state index contributed by atoms with van der Waals surface area (Å²) < 4.78 is 40.1. The van der Waals surface area contributed by atoms with Crippen molar-refractivity contribution in [2.45, 2.75) is 13.2 Å². The summed E-state index contributed by atoms with van der Waals surface area (Å²) in [4.78, 5) is 0. The fraction of sp³-hybridized carbons (Fsp3) is 0.280. The molecule has 3 aromatic rings. The maximum Gasteiger partial charge on any atom is 0.231 e. The average Bonchev–Trinajstić information content (AvgIpc) is 3.34. The van der Waals surface area contributed by atoms with Crippen molar-refractivity contribution in [1.82, 2.24) is 0 Å². The Hall–Kier alpha value is -3.78. The maximum atomic E-state index is 10.2. The number of aliphatic hydroxyl groups excluding tert-OH is 1. The number of ether oxygens (including phenoxy) is 7. The Morgan fingerprint density at radius 2 is 1.52 bits per heavy atom. The molecule has 174 valence electrons. The van der Waals surface area contributed by atoms with Gasteiger partial charge in [-0.1, -0.05) is 30.3 Å². The first kappa shape index (κ1) is 22.4. The highest BCUT2D eigenvalue weighted by Crippen LogP contribution is 2.57. The van der Waals surface area contributed by atoms with Crippen molar-refractivity contribution in [3.05, 3.63) is 53.6 Å². The molecular formula is C25H26O8. The lowest BCUT2D eigenvalue weighted by Crippen LogP contribution is -2.05. The molecule has 33 heavy (non-hydrogen) atoms. The molecule has 0 fully saturated rings. The molecule has 8 nitrogen and oxygen atoms in total. The Balaban J connectivity index is 1.99. The highest BCUT2D eigenvalue weighted by molar-refractivity contribution is 5.90. The van der Waals surface area contributed by atoms with Gasteiger partial charge in [-0.2, -0.15) is 0 Å². The van der Waals surface area contributed by atoms with Crippen molar-refractivity contribution < 1.29 is 38.3 Å². The van der Waals surface area contributed by atoms with E-state index in [2.05, 4.69) is 0 Å². The highest BCUT2D eigenvalue weighted by atomic mass is 16.7. The van der Waals surface area contributed by atoms with E-state index in [1.165, 1.54) is 28.4 Å². The van der Waals surface area contributed by atoms with Gasteiger partial charge in [-0.3, -0.25) is 0 Å². The standard InChI is InChI=1S/C25H26O8/c1-27-18-11-17(31-13-15-8-6-5-7-9-15)21(25(30-4)22(18)28-2)20-16(12-26)10-19-23(24(20)29-3)33-14-32-19/h5-11,26H,12-14H2,1-4H3. The number of fused-ring (bicyclic) bond motifs is 1. The Labute approximate surface area is 192 Å². The van der Waals surface area contributed by atoms with Crippen LogP contribution in [0.4, 0.5) is 0 Å². The SMILES string of the molecule is COc1cc(OCc2ccccc2)c(-c2c(CO)cc3c(c2OC)OCO3)c(OC)c1OC. The Morgan fingerprint density at radius 3 is 2.15 bits per heavy atom. The second-order valence-corrected chi connectivity index (χ2v) is 7.13. The van der Waals surface area contributed by atoms with Crippen LogP contribution in [0.3, 0.4) is 0 Å². The van der Waals surface area contributed by atoms with E-state index >= 15 is 0 Å². The van der Waals surface area contributed by atoms with Crippen molar-refractivity contribution in [1.29, 1.82) is 0 Å². The van der Waals surface area contributed by atoms with Gasteiger partial charge >= 0.3 is 0 Å². The quantitative estimate of drug-likeness (QED) is 0.515. The third-order valence-corrected chi connectivity index (χ3v) is 5.36. The third-order valence-electron chi connectivity index (χ3n) is 5.36. The molecule has 0 bridgehead atoms. The van der Waals surface area contributed by atoms with Gasteiger partial charge in [0.05, 0.1) is 40.6 Å². The van der Waals surface area contributed by atoms with Crippen LogP contribution >= 0.6 is 0 Å². The molecule has 0 amide bonds. The van der Waals surface area contributed by atoms with Gasteiger partial charge in [0.15, 0.2) is 23.0 Å².